The number of carbonyl (C=O) groups excluding carboxylic acids is 3. The Morgan fingerprint density at radius 1 is 1.26 bits per heavy atom. The van der Waals surface area contributed by atoms with E-state index in [1.807, 2.05) is 30.3 Å². The molecule has 0 aliphatic carbocycles. The van der Waals surface area contributed by atoms with Gasteiger partial charge in [-0.25, -0.2) is 0 Å². The number of esters is 1. The molecule has 3 saturated heterocycles. The van der Waals surface area contributed by atoms with E-state index < -0.39 is 28.7 Å². The zero-order valence-electron chi connectivity index (χ0n) is 20.1. The van der Waals surface area contributed by atoms with Crippen LogP contribution in [0, 0.1) is 11.8 Å². The molecule has 0 radical (unpaired) electrons. The van der Waals surface area contributed by atoms with E-state index in [2.05, 4.69) is 12.2 Å². The number of aliphatic hydroxyl groups excluding tert-OH is 1. The number of amides is 2. The van der Waals surface area contributed by atoms with E-state index >= 15 is 0 Å². The van der Waals surface area contributed by atoms with E-state index in [-0.39, 0.29) is 36.2 Å². The molecule has 1 aromatic carbocycles. The Balaban J connectivity index is 1.67. The van der Waals surface area contributed by atoms with Gasteiger partial charge in [-0.1, -0.05) is 50.1 Å². The first-order chi connectivity index (χ1) is 16.5. The van der Waals surface area contributed by atoms with E-state index in [0.717, 1.165) is 31.2 Å². The predicted molar refractivity (Wildman–Crippen MR) is 131 cm³/mol. The number of likely N-dealkylation sites (tertiary alicyclic amines) is 1. The minimum absolute atomic E-state index is 0.00718. The summed E-state index contributed by atoms with van der Waals surface area (Å²) in [5.74, 6) is -1.84. The van der Waals surface area contributed by atoms with Gasteiger partial charge in [-0.05, 0) is 38.2 Å². The SMILES string of the molecule is CCCCCNC(=O)C1N([C@@H](CO)Cc2ccccc2)C(=O)[C@@H]2[C@@H](C(=O)OCC)[C@H]3CCC12S3. The highest BCUT2D eigenvalue weighted by Gasteiger charge is 2.74. The number of unbranched alkanes of at least 4 members (excludes halogenated alkanes) is 2. The molecule has 2 N–H and O–H groups in total. The maximum absolute atomic E-state index is 14.0. The van der Waals surface area contributed by atoms with Crippen molar-refractivity contribution >= 4 is 29.5 Å². The Labute approximate surface area is 206 Å². The molecule has 8 heteroatoms. The fourth-order valence-electron chi connectivity index (χ4n) is 6.11. The molecule has 3 fully saturated rings. The Kier molecular flexibility index (Phi) is 7.87. The molecule has 0 saturated carbocycles. The van der Waals surface area contributed by atoms with Crippen LogP contribution in [-0.4, -0.2) is 69.6 Å². The van der Waals surface area contributed by atoms with Crippen LogP contribution in [0.5, 0.6) is 0 Å². The molecule has 3 heterocycles. The third-order valence-electron chi connectivity index (χ3n) is 7.54. The molecule has 3 aliphatic rings. The van der Waals surface area contributed by atoms with Crippen LogP contribution in [0.2, 0.25) is 0 Å². The molecule has 2 bridgehead atoms. The van der Waals surface area contributed by atoms with E-state index in [1.165, 1.54) is 0 Å². The number of benzene rings is 1. The van der Waals surface area contributed by atoms with Crippen molar-refractivity contribution in [1.82, 2.24) is 10.2 Å². The molecule has 3 aliphatic heterocycles. The second-order valence-corrected chi connectivity index (χ2v) is 11.2. The first-order valence-corrected chi connectivity index (χ1v) is 13.5. The topological polar surface area (TPSA) is 95.9 Å². The smallest absolute Gasteiger partial charge is 0.310 e. The van der Waals surface area contributed by atoms with Gasteiger partial charge >= 0.3 is 5.97 Å². The van der Waals surface area contributed by atoms with E-state index in [9.17, 15) is 19.5 Å². The second-order valence-electron chi connectivity index (χ2n) is 9.58. The maximum atomic E-state index is 14.0. The normalized spacial score (nSPS) is 30.3. The zero-order chi connectivity index (χ0) is 24.3. The first-order valence-electron chi connectivity index (χ1n) is 12.6. The summed E-state index contributed by atoms with van der Waals surface area (Å²) in [5.41, 5.74) is 0.991. The summed E-state index contributed by atoms with van der Waals surface area (Å²) in [6.07, 6.45) is 4.90. The van der Waals surface area contributed by atoms with Crippen LogP contribution in [0.15, 0.2) is 30.3 Å². The molecule has 2 amide bonds. The largest absolute Gasteiger partial charge is 0.466 e. The highest BCUT2D eigenvalue weighted by atomic mass is 32.2. The Morgan fingerprint density at radius 2 is 2.03 bits per heavy atom. The van der Waals surface area contributed by atoms with Gasteiger partial charge in [-0.3, -0.25) is 14.4 Å². The van der Waals surface area contributed by atoms with Crippen molar-refractivity contribution in [1.29, 1.82) is 0 Å². The van der Waals surface area contributed by atoms with E-state index in [0.29, 0.717) is 19.4 Å². The van der Waals surface area contributed by atoms with Gasteiger partial charge in [0.15, 0.2) is 0 Å². The number of fused-ring (bicyclic) bond motifs is 1. The molecule has 6 atom stereocenters. The summed E-state index contributed by atoms with van der Waals surface area (Å²) in [7, 11) is 0. The number of hydrogen-bond donors (Lipinski definition) is 2. The molecule has 4 rings (SSSR count). The summed E-state index contributed by atoms with van der Waals surface area (Å²) in [4.78, 5) is 42.2. The number of aliphatic hydroxyl groups is 1. The van der Waals surface area contributed by atoms with Gasteiger partial charge in [0.2, 0.25) is 11.8 Å². The van der Waals surface area contributed by atoms with Crippen LogP contribution in [-0.2, 0) is 25.5 Å². The zero-order valence-corrected chi connectivity index (χ0v) is 20.9. The number of rotatable bonds is 11. The van der Waals surface area contributed by atoms with Crippen molar-refractivity contribution in [2.24, 2.45) is 11.8 Å². The Hall–Kier alpha value is -2.06. The molecule has 186 valence electrons. The molecule has 2 unspecified atom stereocenters. The number of thioether (sulfide) groups is 1. The van der Waals surface area contributed by atoms with Gasteiger partial charge in [-0.15, -0.1) is 11.8 Å². The summed E-state index contributed by atoms with van der Waals surface area (Å²) in [5, 5.41) is 13.4. The molecular formula is C26H36N2O5S. The lowest BCUT2D eigenvalue weighted by Crippen LogP contribution is -2.57. The second kappa shape index (κ2) is 10.7. The number of nitrogens with one attached hydrogen (secondary N) is 1. The van der Waals surface area contributed by atoms with Gasteiger partial charge in [0.05, 0.1) is 35.8 Å². The molecular weight excluding hydrogens is 452 g/mol. The summed E-state index contributed by atoms with van der Waals surface area (Å²) in [6, 6.07) is 8.46. The number of nitrogens with zero attached hydrogens (tertiary/aromatic N) is 1. The van der Waals surface area contributed by atoms with Crippen LogP contribution < -0.4 is 5.32 Å². The number of hydrogen-bond acceptors (Lipinski definition) is 6. The van der Waals surface area contributed by atoms with Gasteiger partial charge in [-0.2, -0.15) is 0 Å². The lowest BCUT2D eigenvalue weighted by atomic mass is 9.71. The third kappa shape index (κ3) is 4.35. The minimum atomic E-state index is -0.707. The van der Waals surface area contributed by atoms with Crippen molar-refractivity contribution < 1.29 is 24.2 Å². The quantitative estimate of drug-likeness (QED) is 0.367. The van der Waals surface area contributed by atoms with Crippen LogP contribution in [0.25, 0.3) is 0 Å². The van der Waals surface area contributed by atoms with Gasteiger partial charge in [0, 0.05) is 11.8 Å². The summed E-state index contributed by atoms with van der Waals surface area (Å²) >= 11 is 1.63. The Bertz CT molecular complexity index is 896. The van der Waals surface area contributed by atoms with Crippen molar-refractivity contribution in [3.8, 4) is 0 Å². The average molecular weight is 489 g/mol. The monoisotopic (exact) mass is 488 g/mol. The Morgan fingerprint density at radius 3 is 2.71 bits per heavy atom. The van der Waals surface area contributed by atoms with Crippen LogP contribution >= 0.6 is 11.8 Å². The van der Waals surface area contributed by atoms with Crippen LogP contribution in [0.1, 0.15) is 51.5 Å². The molecule has 1 aromatic rings. The van der Waals surface area contributed by atoms with Gasteiger partial charge < -0.3 is 20.1 Å². The number of ether oxygens (including phenoxy) is 1. The van der Waals surface area contributed by atoms with Crippen molar-refractivity contribution in [2.75, 3.05) is 19.8 Å². The molecule has 0 aromatic heterocycles. The lowest BCUT2D eigenvalue weighted by Gasteiger charge is -2.37. The van der Waals surface area contributed by atoms with E-state index in [4.69, 9.17) is 4.74 Å². The van der Waals surface area contributed by atoms with Gasteiger partial charge in [0.25, 0.3) is 0 Å². The first kappa shape index (κ1) is 25.0. The van der Waals surface area contributed by atoms with Gasteiger partial charge in [0.1, 0.15) is 6.04 Å². The maximum Gasteiger partial charge on any atom is 0.310 e. The molecule has 34 heavy (non-hydrogen) atoms. The van der Waals surface area contributed by atoms with Crippen LogP contribution in [0.4, 0.5) is 0 Å². The van der Waals surface area contributed by atoms with Crippen molar-refractivity contribution in [3.05, 3.63) is 35.9 Å². The standard InChI is InChI=1S/C26H36N2O5S/c1-3-5-9-14-27-23(30)22-26-13-12-19(34-26)20(25(32)33-4-2)21(26)24(31)28(22)18(16-29)15-17-10-7-6-8-11-17/h6-8,10-11,18-22,29H,3-5,9,12-16H2,1-2H3,(H,27,30)/t18-,19-,20+,21+,22?,26?/m1/s1. The highest BCUT2D eigenvalue weighted by Crippen LogP contribution is 2.66. The van der Waals surface area contributed by atoms with Crippen LogP contribution in [0.3, 0.4) is 0 Å². The average Bonchev–Trinajstić information content (AvgIpc) is 3.48. The summed E-state index contributed by atoms with van der Waals surface area (Å²) in [6.45, 7) is 4.45. The van der Waals surface area contributed by atoms with Crippen molar-refractivity contribution in [3.63, 3.8) is 0 Å². The predicted octanol–water partition coefficient (Wildman–Crippen LogP) is 2.55. The lowest BCUT2D eigenvalue weighted by molar-refractivity contribution is -0.154. The van der Waals surface area contributed by atoms with Crippen molar-refractivity contribution in [2.45, 2.75) is 74.5 Å². The fraction of sp³-hybridized carbons (Fsp3) is 0.654. The fourth-order valence-corrected chi connectivity index (χ4v) is 8.30. The summed E-state index contributed by atoms with van der Waals surface area (Å²) < 4.78 is 4.71. The molecule has 7 nitrogen and oxygen atoms in total. The molecule has 1 spiro atoms. The number of carbonyl (C=O) groups is 3. The highest BCUT2D eigenvalue weighted by molar-refractivity contribution is 8.02. The van der Waals surface area contributed by atoms with E-state index in [1.54, 1.807) is 23.6 Å². The third-order valence-corrected chi connectivity index (χ3v) is 9.49. The minimum Gasteiger partial charge on any atom is -0.466 e.